The van der Waals surface area contributed by atoms with Crippen LogP contribution in [0.1, 0.15) is 11.1 Å². The summed E-state index contributed by atoms with van der Waals surface area (Å²) in [5, 5.41) is 1.97. The number of hydrogen-bond acceptors (Lipinski definition) is 4. The number of sulfonamides is 1. The lowest BCUT2D eigenvalue weighted by atomic mass is 10.2. The van der Waals surface area contributed by atoms with Gasteiger partial charge >= 0.3 is 6.18 Å². The first-order chi connectivity index (χ1) is 15.1. The Bertz CT molecular complexity index is 1190. The Morgan fingerprint density at radius 1 is 1.03 bits per heavy atom. The summed E-state index contributed by atoms with van der Waals surface area (Å²) in [7, 11) is -4.36. The smallest absolute Gasteiger partial charge is 0.350 e. The normalized spacial score (nSPS) is 11.8. The molecule has 0 spiro atoms. The third-order valence-corrected chi connectivity index (χ3v) is 6.52. The molecular weight excluding hydrogens is 467 g/mol. The van der Waals surface area contributed by atoms with Crippen molar-refractivity contribution in [3.05, 3.63) is 89.2 Å². The van der Waals surface area contributed by atoms with E-state index < -0.39 is 39.2 Å². The van der Waals surface area contributed by atoms with Crippen LogP contribution in [0, 0.1) is 0 Å². The zero-order valence-corrected chi connectivity index (χ0v) is 18.0. The first kappa shape index (κ1) is 23.6. The molecule has 0 fully saturated rings. The first-order valence-electron chi connectivity index (χ1n) is 9.19. The molecule has 2 aromatic carbocycles. The Kier molecular flexibility index (Phi) is 7.05. The second-order valence-electron chi connectivity index (χ2n) is 6.62. The predicted molar refractivity (Wildman–Crippen MR) is 114 cm³/mol. The van der Waals surface area contributed by atoms with Crippen LogP contribution in [0.5, 0.6) is 0 Å². The average Bonchev–Trinajstić information content (AvgIpc) is 2.77. The number of benzene rings is 2. The van der Waals surface area contributed by atoms with Gasteiger partial charge in [-0.3, -0.25) is 14.1 Å². The molecule has 1 aromatic heterocycles. The second-order valence-corrected chi connectivity index (χ2v) is 8.89. The van der Waals surface area contributed by atoms with Crippen molar-refractivity contribution in [2.45, 2.75) is 17.6 Å². The topological polar surface area (TPSA) is 79.4 Å². The zero-order valence-electron chi connectivity index (χ0n) is 16.4. The van der Waals surface area contributed by atoms with Gasteiger partial charge in [-0.05, 0) is 48.0 Å². The molecule has 0 saturated heterocycles. The molecule has 1 amide bonds. The molecule has 32 heavy (non-hydrogen) atoms. The minimum absolute atomic E-state index is 0.0923. The number of hydrogen-bond donors (Lipinski definition) is 1. The number of anilines is 1. The molecule has 3 rings (SSSR count). The maximum absolute atomic E-state index is 13.3. The Morgan fingerprint density at radius 3 is 2.31 bits per heavy atom. The van der Waals surface area contributed by atoms with Crippen molar-refractivity contribution in [3.8, 4) is 0 Å². The lowest BCUT2D eigenvalue weighted by Crippen LogP contribution is -2.40. The number of aromatic nitrogens is 1. The fraction of sp³-hybridized carbons (Fsp3) is 0.143. The number of carbonyl (C=O) groups is 1. The van der Waals surface area contributed by atoms with Crippen LogP contribution >= 0.6 is 11.6 Å². The SMILES string of the molecule is O=C(CN(c1ccc(Cl)c(C(F)(F)F)c1)S(=O)(=O)c1ccccc1)NCc1ccncc1. The number of nitrogens with zero attached hydrogens (tertiary/aromatic N) is 2. The van der Waals surface area contributed by atoms with Crippen molar-refractivity contribution in [1.29, 1.82) is 0 Å². The van der Waals surface area contributed by atoms with Crippen LogP contribution in [-0.2, 0) is 27.5 Å². The van der Waals surface area contributed by atoms with Crippen molar-refractivity contribution in [2.24, 2.45) is 0 Å². The number of nitrogens with one attached hydrogen (secondary N) is 1. The molecule has 0 saturated carbocycles. The molecule has 0 unspecified atom stereocenters. The number of carbonyl (C=O) groups excluding carboxylic acids is 1. The van der Waals surface area contributed by atoms with E-state index in [9.17, 15) is 26.4 Å². The van der Waals surface area contributed by atoms with Crippen LogP contribution in [0.15, 0.2) is 78.0 Å². The predicted octanol–water partition coefficient (Wildman–Crippen LogP) is 4.27. The van der Waals surface area contributed by atoms with Gasteiger partial charge in [-0.25, -0.2) is 8.42 Å². The van der Waals surface area contributed by atoms with Gasteiger partial charge in [0.1, 0.15) is 6.54 Å². The van der Waals surface area contributed by atoms with E-state index in [0.29, 0.717) is 10.4 Å². The molecule has 6 nitrogen and oxygen atoms in total. The van der Waals surface area contributed by atoms with E-state index in [1.165, 1.54) is 36.7 Å². The largest absolute Gasteiger partial charge is 0.417 e. The van der Waals surface area contributed by atoms with Gasteiger partial charge in [0.25, 0.3) is 10.0 Å². The highest BCUT2D eigenvalue weighted by Gasteiger charge is 2.35. The standard InChI is InChI=1S/C21H17ClF3N3O3S/c22-19-7-6-16(12-18(19)21(23,24)25)28(32(30,31)17-4-2-1-3-5-17)14-20(29)27-13-15-8-10-26-11-9-15/h1-12H,13-14H2,(H,27,29). The van der Waals surface area contributed by atoms with Crippen molar-refractivity contribution in [2.75, 3.05) is 10.8 Å². The number of halogens is 4. The lowest BCUT2D eigenvalue weighted by molar-refractivity contribution is -0.137. The zero-order chi connectivity index (χ0) is 23.4. The Hall–Kier alpha value is -3.11. The summed E-state index contributed by atoms with van der Waals surface area (Å²) in [5.74, 6) is -0.704. The van der Waals surface area contributed by atoms with Crippen LogP contribution in [0.25, 0.3) is 0 Å². The highest BCUT2D eigenvalue weighted by atomic mass is 35.5. The quantitative estimate of drug-likeness (QED) is 0.544. The van der Waals surface area contributed by atoms with Gasteiger partial charge < -0.3 is 5.32 Å². The summed E-state index contributed by atoms with van der Waals surface area (Å²) in [6.07, 6.45) is -1.75. The lowest BCUT2D eigenvalue weighted by Gasteiger charge is -2.25. The van der Waals surface area contributed by atoms with Gasteiger partial charge in [-0.15, -0.1) is 0 Å². The fourth-order valence-electron chi connectivity index (χ4n) is 2.81. The van der Waals surface area contributed by atoms with Gasteiger partial charge in [-0.2, -0.15) is 13.2 Å². The number of pyridine rings is 1. The van der Waals surface area contributed by atoms with Gasteiger partial charge in [0, 0.05) is 18.9 Å². The molecule has 0 aliphatic rings. The molecule has 0 atom stereocenters. The Morgan fingerprint density at radius 2 is 1.69 bits per heavy atom. The molecule has 0 radical (unpaired) electrons. The molecule has 3 aromatic rings. The van der Waals surface area contributed by atoms with E-state index in [1.54, 1.807) is 18.2 Å². The van der Waals surface area contributed by atoms with Crippen LogP contribution in [-0.4, -0.2) is 25.9 Å². The molecule has 0 aliphatic heterocycles. The van der Waals surface area contributed by atoms with E-state index in [4.69, 9.17) is 11.6 Å². The van der Waals surface area contributed by atoms with E-state index >= 15 is 0 Å². The molecule has 0 aliphatic carbocycles. The maximum atomic E-state index is 13.3. The molecule has 0 bridgehead atoms. The molecule has 1 N–H and O–H groups in total. The summed E-state index contributed by atoms with van der Waals surface area (Å²) in [6, 6.07) is 13.1. The van der Waals surface area contributed by atoms with E-state index in [0.717, 1.165) is 17.7 Å². The van der Waals surface area contributed by atoms with Crippen LogP contribution in [0.4, 0.5) is 18.9 Å². The van der Waals surface area contributed by atoms with Crippen LogP contribution in [0.2, 0.25) is 5.02 Å². The molecule has 1 heterocycles. The third-order valence-electron chi connectivity index (χ3n) is 4.40. The van der Waals surface area contributed by atoms with Gasteiger partial charge in [0.2, 0.25) is 5.91 Å². The average molecular weight is 484 g/mol. The summed E-state index contributed by atoms with van der Waals surface area (Å²) in [6.45, 7) is -0.643. The Balaban J connectivity index is 1.96. The van der Waals surface area contributed by atoms with Gasteiger partial charge in [0.05, 0.1) is 21.2 Å². The fourth-order valence-corrected chi connectivity index (χ4v) is 4.47. The summed E-state index contributed by atoms with van der Waals surface area (Å²) >= 11 is 5.67. The number of alkyl halides is 3. The van der Waals surface area contributed by atoms with Crippen molar-refractivity contribution in [3.63, 3.8) is 0 Å². The molecule has 168 valence electrons. The minimum Gasteiger partial charge on any atom is -0.350 e. The summed E-state index contributed by atoms with van der Waals surface area (Å²) in [4.78, 5) is 16.2. The van der Waals surface area contributed by atoms with Crippen molar-refractivity contribution in [1.82, 2.24) is 10.3 Å². The van der Waals surface area contributed by atoms with E-state index in [-0.39, 0.29) is 17.1 Å². The monoisotopic (exact) mass is 483 g/mol. The molecular formula is C21H17ClF3N3O3S. The summed E-state index contributed by atoms with van der Waals surface area (Å²) < 4.78 is 67.1. The third kappa shape index (κ3) is 5.57. The van der Waals surface area contributed by atoms with Crippen molar-refractivity contribution >= 4 is 33.2 Å². The van der Waals surface area contributed by atoms with Crippen molar-refractivity contribution < 1.29 is 26.4 Å². The van der Waals surface area contributed by atoms with Gasteiger partial charge in [0.15, 0.2) is 0 Å². The molecule has 11 heteroatoms. The highest BCUT2D eigenvalue weighted by molar-refractivity contribution is 7.92. The number of amides is 1. The first-order valence-corrected chi connectivity index (χ1v) is 11.0. The van der Waals surface area contributed by atoms with Gasteiger partial charge in [-0.1, -0.05) is 29.8 Å². The Labute approximate surface area is 187 Å². The van der Waals surface area contributed by atoms with Crippen LogP contribution < -0.4 is 9.62 Å². The summed E-state index contributed by atoms with van der Waals surface area (Å²) in [5.41, 5.74) is -0.830. The second kappa shape index (κ2) is 9.58. The van der Waals surface area contributed by atoms with E-state index in [1.807, 2.05) is 0 Å². The maximum Gasteiger partial charge on any atom is 0.417 e. The van der Waals surface area contributed by atoms with E-state index in [2.05, 4.69) is 10.3 Å². The number of rotatable bonds is 7. The minimum atomic E-state index is -4.81. The highest BCUT2D eigenvalue weighted by Crippen LogP contribution is 2.37. The van der Waals surface area contributed by atoms with Crippen LogP contribution in [0.3, 0.4) is 0 Å².